The van der Waals surface area contributed by atoms with Crippen LogP contribution in [0.4, 0.5) is 0 Å². The molecule has 2 rings (SSSR count). The molecule has 0 spiro atoms. The van der Waals surface area contributed by atoms with Gasteiger partial charge in [-0.05, 0) is 25.8 Å². The van der Waals surface area contributed by atoms with Crippen LogP contribution >= 0.6 is 0 Å². The van der Waals surface area contributed by atoms with E-state index in [1.807, 2.05) is 0 Å². The van der Waals surface area contributed by atoms with Crippen molar-refractivity contribution in [3.8, 4) is 0 Å². The van der Waals surface area contributed by atoms with E-state index in [-0.39, 0.29) is 0 Å². The summed E-state index contributed by atoms with van der Waals surface area (Å²) < 4.78 is 2.14. The van der Waals surface area contributed by atoms with Crippen molar-refractivity contribution in [1.29, 1.82) is 0 Å². The predicted molar refractivity (Wildman–Crippen MR) is 79.2 cm³/mol. The maximum atomic E-state index is 4.56. The fraction of sp³-hybridized carbons (Fsp3) is 0.800. The highest BCUT2D eigenvalue weighted by molar-refractivity contribution is 5.09. The Bertz CT molecular complexity index is 399. The Kier molecular flexibility index (Phi) is 4.99. The van der Waals surface area contributed by atoms with Crippen molar-refractivity contribution >= 4 is 0 Å². The molecule has 1 aliphatic rings. The van der Waals surface area contributed by atoms with Gasteiger partial charge in [-0.15, -0.1) is 0 Å². The van der Waals surface area contributed by atoms with Crippen LogP contribution in [0.25, 0.3) is 0 Å². The maximum absolute atomic E-state index is 4.56. The molecule has 19 heavy (non-hydrogen) atoms. The number of nitrogens with one attached hydrogen (secondary N) is 1. The van der Waals surface area contributed by atoms with Gasteiger partial charge >= 0.3 is 0 Å². The van der Waals surface area contributed by atoms with Gasteiger partial charge in [0.2, 0.25) is 0 Å². The van der Waals surface area contributed by atoms with E-state index in [1.165, 1.54) is 12.1 Å². The standard InChI is InChI=1S/C15H28N4/c1-5-12(3)15-10-16-7-8-18(15)11-14-9-13(4)17-19(14)6-2/h9,12,15-16H,5-8,10-11H2,1-4H3. The maximum Gasteiger partial charge on any atom is 0.0597 e. The van der Waals surface area contributed by atoms with Crippen molar-refractivity contribution in [2.45, 2.75) is 53.2 Å². The third kappa shape index (κ3) is 3.37. The van der Waals surface area contributed by atoms with Crippen molar-refractivity contribution in [2.75, 3.05) is 19.6 Å². The lowest BCUT2D eigenvalue weighted by Crippen LogP contribution is -2.53. The Morgan fingerprint density at radius 2 is 2.26 bits per heavy atom. The molecule has 2 atom stereocenters. The van der Waals surface area contributed by atoms with Gasteiger partial charge < -0.3 is 5.32 Å². The molecule has 2 unspecified atom stereocenters. The highest BCUT2D eigenvalue weighted by Gasteiger charge is 2.26. The molecule has 0 aromatic carbocycles. The molecule has 4 heteroatoms. The second-order valence-electron chi connectivity index (χ2n) is 5.72. The van der Waals surface area contributed by atoms with Gasteiger partial charge in [-0.3, -0.25) is 9.58 Å². The van der Waals surface area contributed by atoms with Gasteiger partial charge in [-0.1, -0.05) is 20.3 Å². The summed E-state index contributed by atoms with van der Waals surface area (Å²) in [7, 11) is 0. The summed E-state index contributed by atoms with van der Waals surface area (Å²) in [5.74, 6) is 0.742. The van der Waals surface area contributed by atoms with Gasteiger partial charge in [0.05, 0.1) is 11.4 Å². The average molecular weight is 264 g/mol. The zero-order chi connectivity index (χ0) is 13.8. The fourth-order valence-electron chi connectivity index (χ4n) is 3.01. The fourth-order valence-corrected chi connectivity index (χ4v) is 3.01. The Morgan fingerprint density at radius 1 is 1.47 bits per heavy atom. The van der Waals surface area contributed by atoms with Crippen molar-refractivity contribution in [3.63, 3.8) is 0 Å². The minimum absolute atomic E-state index is 0.652. The van der Waals surface area contributed by atoms with Gasteiger partial charge in [0, 0.05) is 38.8 Å². The van der Waals surface area contributed by atoms with Crippen LogP contribution in [0.1, 0.15) is 38.6 Å². The first-order chi connectivity index (χ1) is 9.15. The molecule has 1 fully saturated rings. The van der Waals surface area contributed by atoms with Crippen LogP contribution in [0.15, 0.2) is 6.07 Å². The molecule has 1 saturated heterocycles. The van der Waals surface area contributed by atoms with E-state index in [0.29, 0.717) is 6.04 Å². The number of aromatic nitrogens is 2. The first kappa shape index (κ1) is 14.5. The summed E-state index contributed by atoms with van der Waals surface area (Å²) in [6, 6.07) is 2.89. The predicted octanol–water partition coefficient (Wildman–Crippen LogP) is 2.03. The normalized spacial score (nSPS) is 22.6. The molecule has 0 saturated carbocycles. The molecule has 0 amide bonds. The second-order valence-corrected chi connectivity index (χ2v) is 5.72. The Labute approximate surface area is 117 Å². The summed E-state index contributed by atoms with van der Waals surface area (Å²) in [6.07, 6.45) is 1.24. The van der Waals surface area contributed by atoms with E-state index in [9.17, 15) is 0 Å². The van der Waals surface area contributed by atoms with E-state index in [4.69, 9.17) is 0 Å². The van der Waals surface area contributed by atoms with Gasteiger partial charge in [-0.2, -0.15) is 5.10 Å². The Morgan fingerprint density at radius 3 is 2.95 bits per heavy atom. The second kappa shape index (κ2) is 6.53. The molecule has 1 aromatic heterocycles. The van der Waals surface area contributed by atoms with Crippen LogP contribution in [0, 0.1) is 12.8 Å². The molecular formula is C15H28N4. The lowest BCUT2D eigenvalue weighted by Gasteiger charge is -2.39. The summed E-state index contributed by atoms with van der Waals surface area (Å²) in [5.41, 5.74) is 2.49. The smallest absolute Gasteiger partial charge is 0.0597 e. The van der Waals surface area contributed by atoms with Crippen LogP contribution in [0.2, 0.25) is 0 Å². The minimum Gasteiger partial charge on any atom is -0.314 e. The van der Waals surface area contributed by atoms with Crippen molar-refractivity contribution in [3.05, 3.63) is 17.5 Å². The highest BCUT2D eigenvalue weighted by Crippen LogP contribution is 2.19. The number of aryl methyl sites for hydroxylation is 2. The topological polar surface area (TPSA) is 33.1 Å². The van der Waals surface area contributed by atoms with E-state index in [1.54, 1.807) is 0 Å². The third-order valence-corrected chi connectivity index (χ3v) is 4.35. The van der Waals surface area contributed by atoms with Crippen molar-refractivity contribution in [2.24, 2.45) is 5.92 Å². The van der Waals surface area contributed by atoms with E-state index in [2.05, 4.69) is 53.8 Å². The summed E-state index contributed by atoms with van der Waals surface area (Å²) in [6.45, 7) is 14.3. The number of nitrogens with zero attached hydrogens (tertiary/aromatic N) is 3. The monoisotopic (exact) mass is 264 g/mol. The molecule has 0 bridgehead atoms. The lowest BCUT2D eigenvalue weighted by molar-refractivity contribution is 0.106. The number of rotatable bonds is 5. The van der Waals surface area contributed by atoms with Gasteiger partial charge in [0.15, 0.2) is 0 Å². The summed E-state index contributed by atoms with van der Waals surface area (Å²) >= 11 is 0. The van der Waals surface area contributed by atoms with Crippen LogP contribution in [-0.4, -0.2) is 40.4 Å². The van der Waals surface area contributed by atoms with Crippen LogP contribution < -0.4 is 5.32 Å². The van der Waals surface area contributed by atoms with Crippen molar-refractivity contribution in [1.82, 2.24) is 20.0 Å². The largest absolute Gasteiger partial charge is 0.314 e. The molecule has 1 N–H and O–H groups in total. The number of piperazine rings is 1. The molecule has 108 valence electrons. The van der Waals surface area contributed by atoms with Crippen LogP contribution in [0.5, 0.6) is 0 Å². The first-order valence-corrected chi connectivity index (χ1v) is 7.63. The Hall–Kier alpha value is -0.870. The minimum atomic E-state index is 0.652. The lowest BCUT2D eigenvalue weighted by atomic mass is 9.96. The van der Waals surface area contributed by atoms with Gasteiger partial charge in [0.25, 0.3) is 0 Å². The number of hydrogen-bond donors (Lipinski definition) is 1. The highest BCUT2D eigenvalue weighted by atomic mass is 15.3. The summed E-state index contributed by atoms with van der Waals surface area (Å²) in [5, 5.41) is 8.09. The Balaban J connectivity index is 2.10. The van der Waals surface area contributed by atoms with Crippen LogP contribution in [-0.2, 0) is 13.1 Å². The quantitative estimate of drug-likeness (QED) is 0.883. The molecule has 0 radical (unpaired) electrons. The van der Waals surface area contributed by atoms with E-state index < -0.39 is 0 Å². The van der Waals surface area contributed by atoms with Crippen LogP contribution in [0.3, 0.4) is 0 Å². The average Bonchev–Trinajstić information content (AvgIpc) is 2.78. The van der Waals surface area contributed by atoms with E-state index >= 15 is 0 Å². The first-order valence-electron chi connectivity index (χ1n) is 7.63. The molecule has 1 aliphatic heterocycles. The van der Waals surface area contributed by atoms with E-state index in [0.717, 1.165) is 44.3 Å². The number of hydrogen-bond acceptors (Lipinski definition) is 3. The zero-order valence-electron chi connectivity index (χ0n) is 12.8. The van der Waals surface area contributed by atoms with Gasteiger partial charge in [0.1, 0.15) is 0 Å². The molecular weight excluding hydrogens is 236 g/mol. The molecule has 1 aromatic rings. The SMILES string of the molecule is CCC(C)C1CNCCN1Cc1cc(C)nn1CC. The zero-order valence-corrected chi connectivity index (χ0v) is 12.8. The van der Waals surface area contributed by atoms with Gasteiger partial charge in [-0.25, -0.2) is 0 Å². The van der Waals surface area contributed by atoms with Crippen molar-refractivity contribution < 1.29 is 0 Å². The molecule has 0 aliphatic carbocycles. The third-order valence-electron chi connectivity index (χ3n) is 4.35. The summed E-state index contributed by atoms with van der Waals surface area (Å²) in [4.78, 5) is 2.63. The molecule has 4 nitrogen and oxygen atoms in total. The molecule has 2 heterocycles.